The fourth-order valence-corrected chi connectivity index (χ4v) is 4.92. The largest absolute Gasteiger partial charge is 0.397 e. The summed E-state index contributed by atoms with van der Waals surface area (Å²) in [6.45, 7) is 4.34. The highest BCUT2D eigenvalue weighted by Crippen LogP contribution is 2.25. The minimum Gasteiger partial charge on any atom is -0.397 e. The predicted molar refractivity (Wildman–Crippen MR) is 84.7 cm³/mol. The van der Waals surface area contributed by atoms with Crippen LogP contribution in [-0.4, -0.2) is 34.4 Å². The summed E-state index contributed by atoms with van der Waals surface area (Å²) in [6, 6.07) is 0. The number of rotatable bonds is 12. The highest BCUT2D eigenvalue weighted by atomic mass is 32.2. The highest BCUT2D eigenvalue weighted by molar-refractivity contribution is 8.13. The molecule has 0 amide bonds. The van der Waals surface area contributed by atoms with E-state index in [1.165, 1.54) is 18.2 Å². The number of hydrogen-bond donors (Lipinski definition) is 0. The van der Waals surface area contributed by atoms with Crippen LogP contribution in [0, 0.1) is 0 Å². The topological polar surface area (TPSA) is 35.5 Å². The Morgan fingerprint density at radius 2 is 1.79 bits per heavy atom. The third-order valence-electron chi connectivity index (χ3n) is 3.09. The van der Waals surface area contributed by atoms with Gasteiger partial charge in [-0.05, 0) is 19.3 Å². The number of thioether (sulfide) groups is 1. The SMILES string of the molecule is CCCCCC(=O)SCCC(CCC)[Si](OC)OC. The van der Waals surface area contributed by atoms with E-state index < -0.39 is 9.28 Å². The van der Waals surface area contributed by atoms with Crippen molar-refractivity contribution in [2.45, 2.75) is 64.3 Å². The molecule has 1 unspecified atom stereocenters. The molecule has 5 heteroatoms. The highest BCUT2D eigenvalue weighted by Gasteiger charge is 2.25. The second-order valence-corrected chi connectivity index (χ2v) is 8.10. The number of carbonyl (C=O) groups excluding carboxylic acids is 1. The summed E-state index contributed by atoms with van der Waals surface area (Å²) in [6.07, 6.45) is 7.37. The van der Waals surface area contributed by atoms with Gasteiger partial charge in [0.05, 0.1) is 0 Å². The van der Waals surface area contributed by atoms with Crippen molar-refractivity contribution in [2.24, 2.45) is 0 Å². The number of hydrogen-bond acceptors (Lipinski definition) is 4. The monoisotopic (exact) mass is 305 g/mol. The molecule has 0 fully saturated rings. The summed E-state index contributed by atoms with van der Waals surface area (Å²) in [5.41, 5.74) is 0.487. The average molecular weight is 306 g/mol. The Morgan fingerprint density at radius 3 is 2.32 bits per heavy atom. The normalized spacial score (nSPS) is 12.9. The minimum absolute atomic E-state index is 0.340. The lowest BCUT2D eigenvalue weighted by atomic mass is 10.2. The first-order chi connectivity index (χ1) is 9.19. The Labute approximate surface area is 124 Å². The van der Waals surface area contributed by atoms with Gasteiger partial charge in [0.1, 0.15) is 0 Å². The van der Waals surface area contributed by atoms with Gasteiger partial charge in [0.2, 0.25) is 0 Å². The zero-order chi connectivity index (χ0) is 14.5. The van der Waals surface area contributed by atoms with Gasteiger partial charge in [-0.15, -0.1) is 0 Å². The molecule has 0 saturated heterocycles. The molecule has 19 heavy (non-hydrogen) atoms. The van der Waals surface area contributed by atoms with Crippen LogP contribution in [0.4, 0.5) is 0 Å². The van der Waals surface area contributed by atoms with Crippen LogP contribution in [0.15, 0.2) is 0 Å². The Hall–Kier alpha value is 0.157. The fourth-order valence-electron chi connectivity index (χ4n) is 2.05. The Morgan fingerprint density at radius 1 is 1.11 bits per heavy atom. The molecule has 0 rings (SSSR count). The fraction of sp³-hybridized carbons (Fsp3) is 0.929. The van der Waals surface area contributed by atoms with Crippen LogP contribution in [0.3, 0.4) is 0 Å². The zero-order valence-electron chi connectivity index (χ0n) is 12.9. The van der Waals surface area contributed by atoms with E-state index in [9.17, 15) is 4.79 Å². The molecule has 3 nitrogen and oxygen atoms in total. The molecule has 0 bridgehead atoms. The van der Waals surface area contributed by atoms with Gasteiger partial charge in [0.15, 0.2) is 5.12 Å². The molecule has 0 saturated carbocycles. The molecule has 1 radical (unpaired) electrons. The summed E-state index contributed by atoms with van der Waals surface area (Å²) >= 11 is 1.49. The van der Waals surface area contributed by atoms with Gasteiger partial charge in [-0.2, -0.15) is 0 Å². The van der Waals surface area contributed by atoms with Crippen molar-refractivity contribution in [2.75, 3.05) is 20.0 Å². The third-order valence-corrected chi connectivity index (χ3v) is 6.10. The Balaban J connectivity index is 3.88. The van der Waals surface area contributed by atoms with Gasteiger partial charge in [-0.1, -0.05) is 44.9 Å². The van der Waals surface area contributed by atoms with Crippen LogP contribution in [0.25, 0.3) is 0 Å². The van der Waals surface area contributed by atoms with E-state index >= 15 is 0 Å². The molecule has 0 aromatic heterocycles. The second kappa shape index (κ2) is 13.2. The molecular weight excluding hydrogens is 276 g/mol. The van der Waals surface area contributed by atoms with E-state index in [1.807, 2.05) is 0 Å². The lowest BCUT2D eigenvalue weighted by molar-refractivity contribution is -0.111. The Bertz CT molecular complexity index is 223. The summed E-state index contributed by atoms with van der Waals surface area (Å²) < 4.78 is 10.9. The van der Waals surface area contributed by atoms with E-state index in [1.54, 1.807) is 14.2 Å². The van der Waals surface area contributed by atoms with Gasteiger partial charge < -0.3 is 8.85 Å². The zero-order valence-corrected chi connectivity index (χ0v) is 14.7. The summed E-state index contributed by atoms with van der Waals surface area (Å²) in [5, 5.41) is 0.340. The summed E-state index contributed by atoms with van der Waals surface area (Å²) in [5.74, 6) is 0.899. The molecule has 0 aliphatic rings. The molecular formula is C14H29O3SSi. The minimum atomic E-state index is -1.17. The van der Waals surface area contributed by atoms with Crippen LogP contribution >= 0.6 is 11.8 Å². The van der Waals surface area contributed by atoms with Crippen molar-refractivity contribution in [3.63, 3.8) is 0 Å². The van der Waals surface area contributed by atoms with E-state index in [0.29, 0.717) is 10.7 Å². The number of unbranched alkanes of at least 4 members (excludes halogenated alkanes) is 2. The van der Waals surface area contributed by atoms with E-state index in [4.69, 9.17) is 8.85 Å². The smallest absolute Gasteiger partial charge is 0.387 e. The first-order valence-electron chi connectivity index (χ1n) is 7.29. The third kappa shape index (κ3) is 9.65. The van der Waals surface area contributed by atoms with Gasteiger partial charge in [0.25, 0.3) is 0 Å². The Kier molecular flexibility index (Phi) is 13.3. The van der Waals surface area contributed by atoms with Crippen LogP contribution < -0.4 is 0 Å². The van der Waals surface area contributed by atoms with Crippen LogP contribution in [-0.2, 0) is 13.6 Å². The molecule has 0 aliphatic heterocycles. The standard InChI is InChI=1S/C14H29O3SSi/c1-5-7-8-10-14(15)18-12-11-13(9-6-2)19(16-3)17-4/h13H,5-12H2,1-4H3. The summed E-state index contributed by atoms with van der Waals surface area (Å²) in [7, 11) is 2.28. The van der Waals surface area contributed by atoms with E-state index in [-0.39, 0.29) is 0 Å². The average Bonchev–Trinajstić information content (AvgIpc) is 2.40. The second-order valence-electron chi connectivity index (χ2n) is 4.68. The quantitative estimate of drug-likeness (QED) is 0.400. The van der Waals surface area contributed by atoms with Crippen molar-refractivity contribution in [3.8, 4) is 0 Å². The molecule has 0 aliphatic carbocycles. The molecule has 0 aromatic rings. The molecule has 113 valence electrons. The maximum absolute atomic E-state index is 11.7. The first kappa shape index (κ1) is 19.2. The van der Waals surface area contributed by atoms with Crippen molar-refractivity contribution < 1.29 is 13.6 Å². The van der Waals surface area contributed by atoms with Crippen molar-refractivity contribution in [1.29, 1.82) is 0 Å². The van der Waals surface area contributed by atoms with Crippen LogP contribution in [0.5, 0.6) is 0 Å². The maximum atomic E-state index is 11.7. The molecule has 0 spiro atoms. The molecule has 0 N–H and O–H groups in total. The first-order valence-corrected chi connectivity index (χ1v) is 9.67. The predicted octanol–water partition coefficient (Wildman–Crippen LogP) is 4.17. The van der Waals surface area contributed by atoms with Gasteiger partial charge >= 0.3 is 9.28 Å². The lowest BCUT2D eigenvalue weighted by Gasteiger charge is -2.20. The number of carbonyl (C=O) groups is 1. The van der Waals surface area contributed by atoms with Gasteiger partial charge in [-0.3, -0.25) is 4.79 Å². The van der Waals surface area contributed by atoms with Crippen molar-refractivity contribution in [3.05, 3.63) is 0 Å². The lowest BCUT2D eigenvalue weighted by Crippen LogP contribution is -2.26. The van der Waals surface area contributed by atoms with E-state index in [2.05, 4.69) is 13.8 Å². The van der Waals surface area contributed by atoms with Crippen LogP contribution in [0.2, 0.25) is 5.54 Å². The van der Waals surface area contributed by atoms with Crippen LogP contribution in [0.1, 0.15) is 58.8 Å². The van der Waals surface area contributed by atoms with Crippen molar-refractivity contribution >= 4 is 26.2 Å². The van der Waals surface area contributed by atoms with E-state index in [0.717, 1.165) is 44.3 Å². The van der Waals surface area contributed by atoms with Gasteiger partial charge in [-0.25, -0.2) is 0 Å². The van der Waals surface area contributed by atoms with Crippen molar-refractivity contribution in [1.82, 2.24) is 0 Å². The summed E-state index contributed by atoms with van der Waals surface area (Å²) in [4.78, 5) is 11.7. The molecule has 0 heterocycles. The van der Waals surface area contributed by atoms with Gasteiger partial charge in [0, 0.05) is 31.9 Å². The maximum Gasteiger partial charge on any atom is 0.387 e. The molecule has 1 atom stereocenters. The molecule has 0 aromatic carbocycles.